The zero-order valence-electron chi connectivity index (χ0n) is 14.3. The summed E-state index contributed by atoms with van der Waals surface area (Å²) in [5.74, 6) is 2.35. The van der Waals surface area contributed by atoms with Crippen molar-refractivity contribution in [3.8, 4) is 17.2 Å². The van der Waals surface area contributed by atoms with Crippen LogP contribution in [0, 0.1) is 11.7 Å². The largest absolute Gasteiger partial charge is 0.493 e. The number of hydrogen-bond acceptors (Lipinski definition) is 4. The van der Waals surface area contributed by atoms with E-state index >= 15 is 0 Å². The van der Waals surface area contributed by atoms with Crippen LogP contribution in [0.2, 0.25) is 1.41 Å². The maximum Gasteiger partial charge on any atom is 0.231 e. The summed E-state index contributed by atoms with van der Waals surface area (Å²) in [6, 6.07) is 12.2. The third kappa shape index (κ3) is 3.17. The molecule has 1 fully saturated rings. The Hall–Kier alpha value is -2.27. The third-order valence-corrected chi connectivity index (χ3v) is 4.64. The Labute approximate surface area is 142 Å². The van der Waals surface area contributed by atoms with Crippen molar-refractivity contribution in [2.24, 2.45) is 5.92 Å². The molecule has 0 radical (unpaired) electrons. The van der Waals surface area contributed by atoms with Crippen LogP contribution in [-0.2, 0) is 0 Å². The minimum atomic E-state index is -0.227. The van der Waals surface area contributed by atoms with Gasteiger partial charge in [-0.1, -0.05) is 12.1 Å². The minimum Gasteiger partial charge on any atom is -0.493 e. The molecule has 2 aliphatic rings. The Kier molecular flexibility index (Phi) is 3.93. The van der Waals surface area contributed by atoms with Gasteiger partial charge in [-0.25, -0.2) is 4.39 Å². The summed E-state index contributed by atoms with van der Waals surface area (Å²) in [5.41, 5.74) is 1.11. The van der Waals surface area contributed by atoms with Gasteiger partial charge in [0, 0.05) is 18.5 Å². The van der Waals surface area contributed by atoms with E-state index in [1.807, 2.05) is 30.3 Å². The normalized spacial score (nSPS) is 23.8. The Balaban J connectivity index is 1.47. The van der Waals surface area contributed by atoms with Crippen molar-refractivity contribution in [1.82, 2.24) is 5.31 Å². The van der Waals surface area contributed by atoms with E-state index < -0.39 is 0 Å². The maximum atomic E-state index is 13.2. The molecule has 1 saturated heterocycles. The number of piperidine rings is 1. The van der Waals surface area contributed by atoms with E-state index in [2.05, 4.69) is 0 Å². The lowest BCUT2D eigenvalue weighted by atomic mass is 9.81. The molecular weight excluding hydrogens is 309 g/mol. The summed E-state index contributed by atoms with van der Waals surface area (Å²) in [5, 5.41) is 1.58. The van der Waals surface area contributed by atoms with Crippen molar-refractivity contribution >= 4 is 0 Å². The van der Waals surface area contributed by atoms with Gasteiger partial charge < -0.3 is 19.5 Å². The van der Waals surface area contributed by atoms with Crippen LogP contribution >= 0.6 is 0 Å². The summed E-state index contributed by atoms with van der Waals surface area (Å²) in [4.78, 5) is 0. The molecule has 2 aliphatic heterocycles. The molecule has 0 unspecified atom stereocenters. The second kappa shape index (κ2) is 6.69. The molecule has 2 heterocycles. The van der Waals surface area contributed by atoms with E-state index in [1.165, 1.54) is 12.1 Å². The number of nitrogens with one attached hydrogen (secondary N) is 1. The summed E-state index contributed by atoms with van der Waals surface area (Å²) >= 11 is 0. The van der Waals surface area contributed by atoms with Crippen molar-refractivity contribution in [1.29, 1.82) is 0 Å². The Morgan fingerprint density at radius 1 is 1.17 bits per heavy atom. The van der Waals surface area contributed by atoms with E-state index in [4.69, 9.17) is 15.6 Å². The fourth-order valence-electron chi connectivity index (χ4n) is 3.34. The van der Waals surface area contributed by atoms with Crippen LogP contribution in [0.1, 0.15) is 17.9 Å². The van der Waals surface area contributed by atoms with Gasteiger partial charge in [0.1, 0.15) is 13.0 Å². The highest BCUT2D eigenvalue weighted by Gasteiger charge is 2.27. The molecule has 5 heteroatoms. The van der Waals surface area contributed by atoms with Gasteiger partial charge in [0.15, 0.2) is 11.5 Å². The maximum absolute atomic E-state index is 13.2. The van der Waals surface area contributed by atoms with Crippen LogP contribution in [0.25, 0.3) is 0 Å². The van der Waals surface area contributed by atoms with Gasteiger partial charge in [0.25, 0.3) is 0 Å². The first-order valence-corrected chi connectivity index (χ1v) is 8.21. The minimum absolute atomic E-state index is 0.169. The van der Waals surface area contributed by atoms with Crippen molar-refractivity contribution < 1.29 is 20.0 Å². The first-order chi connectivity index (χ1) is 12.2. The standard InChI is InChI=1S/C19H20FNO3/c20-15-3-1-13(2-4-15)17-7-8-21-10-14(17)11-22-16-5-6-18-19(9-16)24-12-23-18/h1-6,9,14,17,21H,7-8,10-12H2/t14-,17-/m0/s1/i/hD. The van der Waals surface area contributed by atoms with E-state index in [1.54, 1.807) is 5.31 Å². The fourth-order valence-corrected chi connectivity index (χ4v) is 3.34. The Morgan fingerprint density at radius 2 is 2.00 bits per heavy atom. The highest BCUT2D eigenvalue weighted by molar-refractivity contribution is 5.46. The summed E-state index contributed by atoms with van der Waals surface area (Å²) in [6.07, 6.45) is 0.865. The average molecular weight is 330 g/mol. The van der Waals surface area contributed by atoms with Crippen LogP contribution in [0.3, 0.4) is 0 Å². The molecule has 24 heavy (non-hydrogen) atoms. The number of ether oxygens (including phenoxy) is 3. The molecule has 0 spiro atoms. The van der Waals surface area contributed by atoms with Gasteiger partial charge in [0.05, 0.1) is 6.61 Å². The summed E-state index contributed by atoms with van der Waals surface area (Å²) in [7, 11) is 0. The first-order valence-electron chi connectivity index (χ1n) is 8.65. The van der Waals surface area contributed by atoms with Gasteiger partial charge in [0.2, 0.25) is 6.79 Å². The van der Waals surface area contributed by atoms with Crippen molar-refractivity contribution in [2.75, 3.05) is 26.5 Å². The molecule has 2 atom stereocenters. The van der Waals surface area contributed by atoms with Gasteiger partial charge in [-0.2, -0.15) is 0 Å². The number of fused-ring (bicyclic) bond motifs is 1. The number of halogens is 1. The number of benzene rings is 2. The van der Waals surface area contributed by atoms with E-state index in [0.29, 0.717) is 25.4 Å². The van der Waals surface area contributed by atoms with E-state index in [9.17, 15) is 4.39 Å². The molecule has 0 saturated carbocycles. The fraction of sp³-hybridized carbons (Fsp3) is 0.368. The van der Waals surface area contributed by atoms with Gasteiger partial charge >= 0.3 is 0 Å². The van der Waals surface area contributed by atoms with Crippen LogP contribution in [0.15, 0.2) is 42.5 Å². The average Bonchev–Trinajstić information content (AvgIpc) is 3.09. The monoisotopic (exact) mass is 330 g/mol. The quantitative estimate of drug-likeness (QED) is 0.933. The number of rotatable bonds is 4. The molecule has 4 nitrogen and oxygen atoms in total. The smallest absolute Gasteiger partial charge is 0.231 e. The van der Waals surface area contributed by atoms with Crippen LogP contribution < -0.4 is 19.5 Å². The second-order valence-corrected chi connectivity index (χ2v) is 6.16. The van der Waals surface area contributed by atoms with Gasteiger partial charge in [-0.3, -0.25) is 0 Å². The molecule has 0 amide bonds. The molecule has 0 bridgehead atoms. The predicted octanol–water partition coefficient (Wildman–Crippen LogP) is 3.33. The van der Waals surface area contributed by atoms with Crippen LogP contribution in [0.5, 0.6) is 17.2 Å². The highest BCUT2D eigenvalue weighted by atomic mass is 19.1. The van der Waals surface area contributed by atoms with Crippen molar-refractivity contribution in [2.45, 2.75) is 12.3 Å². The first kappa shape index (κ1) is 14.1. The molecular formula is C19H20FNO3. The van der Waals surface area contributed by atoms with Crippen molar-refractivity contribution in [3.63, 3.8) is 0 Å². The Bertz CT molecular complexity index is 740. The molecule has 2 aromatic rings. The molecule has 4 rings (SSSR count). The second-order valence-electron chi connectivity index (χ2n) is 6.16. The number of hydrogen-bond donors (Lipinski definition) is 1. The van der Waals surface area contributed by atoms with Crippen LogP contribution in [0.4, 0.5) is 4.39 Å². The van der Waals surface area contributed by atoms with Gasteiger partial charge in [-0.05, 0) is 48.7 Å². The van der Waals surface area contributed by atoms with Gasteiger partial charge in [-0.15, -0.1) is 0 Å². The summed E-state index contributed by atoms with van der Waals surface area (Å²) in [6.45, 7) is 2.08. The molecule has 0 aliphatic carbocycles. The zero-order chi connectivity index (χ0) is 17.2. The molecule has 126 valence electrons. The molecule has 1 N–H and O–H groups in total. The Morgan fingerprint density at radius 3 is 2.88 bits per heavy atom. The highest BCUT2D eigenvalue weighted by Crippen LogP contribution is 2.36. The topological polar surface area (TPSA) is 39.7 Å². The lowest BCUT2D eigenvalue weighted by molar-refractivity contribution is 0.173. The predicted molar refractivity (Wildman–Crippen MR) is 88.2 cm³/mol. The lowest BCUT2D eigenvalue weighted by Gasteiger charge is -2.32. The zero-order valence-corrected chi connectivity index (χ0v) is 13.3. The van der Waals surface area contributed by atoms with Crippen LogP contribution in [-0.4, -0.2) is 26.5 Å². The lowest BCUT2D eigenvalue weighted by Crippen LogP contribution is -2.38. The van der Waals surface area contributed by atoms with Crippen molar-refractivity contribution in [3.05, 3.63) is 53.8 Å². The molecule has 2 aromatic carbocycles. The molecule has 0 aromatic heterocycles. The summed E-state index contributed by atoms with van der Waals surface area (Å²) < 4.78 is 37.8. The van der Waals surface area contributed by atoms with E-state index in [-0.39, 0.29) is 24.4 Å². The van der Waals surface area contributed by atoms with E-state index in [0.717, 1.165) is 23.5 Å². The third-order valence-electron chi connectivity index (χ3n) is 4.64. The SMILES string of the molecule is [2H]N1CC[C@@H](c2ccc(F)cc2)[C@H](COc2ccc3c(c2)OCO3)C1.